The molecule has 0 spiro atoms. The third-order valence-corrected chi connectivity index (χ3v) is 5.97. The Morgan fingerprint density at radius 1 is 0.864 bits per heavy atom. The van der Waals surface area contributed by atoms with Crippen LogP contribution < -0.4 is 0 Å². The summed E-state index contributed by atoms with van der Waals surface area (Å²) in [5.74, 6) is 1.13. The Balaban J connectivity index is 1.84. The molecule has 0 amide bonds. The molecule has 0 heterocycles. The van der Waals surface area contributed by atoms with Gasteiger partial charge in [0.15, 0.2) is 0 Å². The van der Waals surface area contributed by atoms with E-state index in [9.17, 15) is 0 Å². The molecule has 2 aromatic carbocycles. The van der Waals surface area contributed by atoms with Gasteiger partial charge in [-0.15, -0.1) is 0 Å². The van der Waals surface area contributed by atoms with Crippen LogP contribution in [0.3, 0.4) is 0 Å². The van der Waals surface area contributed by atoms with Gasteiger partial charge in [0.05, 0.1) is 0 Å². The topological polar surface area (TPSA) is 0 Å². The molecule has 2 atom stereocenters. The van der Waals surface area contributed by atoms with E-state index >= 15 is 0 Å². The summed E-state index contributed by atoms with van der Waals surface area (Å²) in [6, 6.07) is 15.8. The number of benzene rings is 2. The van der Waals surface area contributed by atoms with Crippen LogP contribution in [0.15, 0.2) is 66.8 Å². The quantitative estimate of drug-likeness (QED) is 0.511. The van der Waals surface area contributed by atoms with Crippen molar-refractivity contribution >= 4 is 22.6 Å². The lowest BCUT2D eigenvalue weighted by Gasteiger charge is -2.29. The second-order valence-corrected chi connectivity index (χ2v) is 8.10. The molecular formula is C21H19I. The Morgan fingerprint density at radius 3 is 2.32 bits per heavy atom. The Kier molecular flexibility index (Phi) is 3.30. The maximum absolute atomic E-state index is 2.41. The monoisotopic (exact) mass is 398 g/mol. The van der Waals surface area contributed by atoms with Gasteiger partial charge in [-0.2, -0.15) is 0 Å². The van der Waals surface area contributed by atoms with E-state index in [1.807, 2.05) is 0 Å². The molecule has 2 aliphatic carbocycles. The van der Waals surface area contributed by atoms with E-state index in [2.05, 4.69) is 103 Å². The van der Waals surface area contributed by atoms with Crippen molar-refractivity contribution in [3.8, 4) is 11.1 Å². The fraction of sp³-hybridized carbons (Fsp3) is 0.238. The summed E-state index contributed by atoms with van der Waals surface area (Å²) in [6.07, 6.45) is 9.15. The van der Waals surface area contributed by atoms with Gasteiger partial charge in [0.1, 0.15) is 0 Å². The summed E-state index contributed by atoms with van der Waals surface area (Å²) in [5, 5.41) is 0. The third kappa shape index (κ3) is 2.10. The molecule has 0 bridgehead atoms. The largest absolute Gasteiger partial charge is 0.0796 e. The SMILES string of the molecule is CC1(C)c2cc(-c3ccc(I)cc3)ccc2C2C=CC=C[C@@H]21. The van der Waals surface area contributed by atoms with Crippen LogP contribution in [-0.4, -0.2) is 0 Å². The molecule has 0 saturated heterocycles. The Bertz CT molecular complexity index is 778. The molecule has 0 aliphatic heterocycles. The number of fused-ring (bicyclic) bond motifs is 3. The van der Waals surface area contributed by atoms with Gasteiger partial charge in [0, 0.05) is 9.49 Å². The molecular weight excluding hydrogens is 379 g/mol. The Labute approximate surface area is 146 Å². The number of halogens is 1. The first-order chi connectivity index (χ1) is 10.6. The van der Waals surface area contributed by atoms with Gasteiger partial charge in [-0.3, -0.25) is 0 Å². The van der Waals surface area contributed by atoms with Gasteiger partial charge in [-0.1, -0.05) is 68.5 Å². The van der Waals surface area contributed by atoms with Crippen LogP contribution in [0, 0.1) is 9.49 Å². The summed E-state index contributed by atoms with van der Waals surface area (Å²) < 4.78 is 1.28. The lowest BCUT2D eigenvalue weighted by molar-refractivity contribution is 0.394. The Hall–Kier alpha value is -1.35. The van der Waals surface area contributed by atoms with Crippen LogP contribution in [0.5, 0.6) is 0 Å². The minimum absolute atomic E-state index is 0.195. The summed E-state index contributed by atoms with van der Waals surface area (Å²) in [7, 11) is 0. The lowest BCUT2D eigenvalue weighted by Crippen LogP contribution is -2.24. The molecule has 0 saturated carbocycles. The maximum atomic E-state index is 2.41. The van der Waals surface area contributed by atoms with E-state index in [-0.39, 0.29) is 5.41 Å². The maximum Gasteiger partial charge on any atom is 0.0130 e. The van der Waals surface area contributed by atoms with Crippen molar-refractivity contribution in [3.05, 3.63) is 81.5 Å². The molecule has 1 unspecified atom stereocenters. The van der Waals surface area contributed by atoms with Crippen LogP contribution in [0.1, 0.15) is 30.9 Å². The van der Waals surface area contributed by atoms with Gasteiger partial charge in [-0.25, -0.2) is 0 Å². The lowest BCUT2D eigenvalue weighted by atomic mass is 9.74. The van der Waals surface area contributed by atoms with Crippen LogP contribution in [0.4, 0.5) is 0 Å². The first kappa shape index (κ1) is 14.3. The molecule has 0 nitrogen and oxygen atoms in total. The van der Waals surface area contributed by atoms with E-state index in [4.69, 9.17) is 0 Å². The van der Waals surface area contributed by atoms with Gasteiger partial charge >= 0.3 is 0 Å². The highest BCUT2D eigenvalue weighted by Crippen LogP contribution is 2.53. The van der Waals surface area contributed by atoms with Crippen LogP contribution >= 0.6 is 22.6 Å². The molecule has 22 heavy (non-hydrogen) atoms. The standard InChI is InChI=1S/C21H19I/c1-21(2)19-6-4-3-5-17(19)18-12-9-15(13-20(18)21)14-7-10-16(22)11-8-14/h3-13,17,19H,1-2H3/t17?,19-/m0/s1. The zero-order chi connectivity index (χ0) is 15.3. The van der Waals surface area contributed by atoms with Gasteiger partial charge in [0.25, 0.3) is 0 Å². The van der Waals surface area contributed by atoms with Crippen molar-refractivity contribution in [1.29, 1.82) is 0 Å². The number of rotatable bonds is 1. The molecule has 0 radical (unpaired) electrons. The van der Waals surface area contributed by atoms with Crippen LogP contribution in [0.25, 0.3) is 11.1 Å². The van der Waals surface area contributed by atoms with Gasteiger partial charge in [-0.05, 0) is 68.3 Å². The van der Waals surface area contributed by atoms with E-state index in [1.165, 1.54) is 25.8 Å². The highest BCUT2D eigenvalue weighted by molar-refractivity contribution is 14.1. The molecule has 1 heteroatoms. The third-order valence-electron chi connectivity index (χ3n) is 5.25. The molecule has 0 N–H and O–H groups in total. The van der Waals surface area contributed by atoms with Gasteiger partial charge < -0.3 is 0 Å². The molecule has 4 rings (SSSR count). The predicted molar refractivity (Wildman–Crippen MR) is 102 cm³/mol. The smallest absolute Gasteiger partial charge is 0.0130 e. The first-order valence-electron chi connectivity index (χ1n) is 7.83. The van der Waals surface area contributed by atoms with Crippen molar-refractivity contribution in [2.75, 3.05) is 0 Å². The average Bonchev–Trinajstić information content (AvgIpc) is 2.77. The minimum Gasteiger partial charge on any atom is -0.0796 e. The molecule has 2 aromatic rings. The molecule has 2 aliphatic rings. The van der Waals surface area contributed by atoms with Crippen molar-refractivity contribution in [2.45, 2.75) is 25.2 Å². The fourth-order valence-electron chi connectivity index (χ4n) is 4.00. The highest BCUT2D eigenvalue weighted by Gasteiger charge is 2.44. The Morgan fingerprint density at radius 2 is 1.55 bits per heavy atom. The zero-order valence-electron chi connectivity index (χ0n) is 12.9. The summed E-state index contributed by atoms with van der Waals surface area (Å²) in [5.41, 5.74) is 5.84. The molecule has 0 fully saturated rings. The molecule has 0 aromatic heterocycles. The summed E-state index contributed by atoms with van der Waals surface area (Å²) >= 11 is 2.36. The number of hydrogen-bond acceptors (Lipinski definition) is 0. The second-order valence-electron chi connectivity index (χ2n) is 6.85. The minimum atomic E-state index is 0.195. The summed E-state index contributed by atoms with van der Waals surface area (Å²) in [6.45, 7) is 4.77. The van der Waals surface area contributed by atoms with Gasteiger partial charge in [0.2, 0.25) is 0 Å². The number of allylic oxidation sites excluding steroid dienone is 4. The highest BCUT2D eigenvalue weighted by atomic mass is 127. The van der Waals surface area contributed by atoms with E-state index in [1.54, 1.807) is 0 Å². The van der Waals surface area contributed by atoms with E-state index < -0.39 is 0 Å². The van der Waals surface area contributed by atoms with Crippen molar-refractivity contribution < 1.29 is 0 Å². The van der Waals surface area contributed by atoms with Crippen molar-refractivity contribution in [2.24, 2.45) is 5.92 Å². The summed E-state index contributed by atoms with van der Waals surface area (Å²) in [4.78, 5) is 0. The average molecular weight is 398 g/mol. The second kappa shape index (κ2) is 5.09. The fourth-order valence-corrected chi connectivity index (χ4v) is 4.36. The van der Waals surface area contributed by atoms with Crippen molar-refractivity contribution in [3.63, 3.8) is 0 Å². The normalized spacial score (nSPS) is 24.1. The first-order valence-corrected chi connectivity index (χ1v) is 8.90. The predicted octanol–water partition coefficient (Wildman–Crippen LogP) is 6.08. The van der Waals surface area contributed by atoms with E-state index in [0.717, 1.165) is 0 Å². The number of hydrogen-bond donors (Lipinski definition) is 0. The van der Waals surface area contributed by atoms with E-state index in [0.29, 0.717) is 11.8 Å². The van der Waals surface area contributed by atoms with Crippen LogP contribution in [0.2, 0.25) is 0 Å². The molecule has 110 valence electrons. The zero-order valence-corrected chi connectivity index (χ0v) is 15.0. The van der Waals surface area contributed by atoms with Crippen molar-refractivity contribution in [1.82, 2.24) is 0 Å². The van der Waals surface area contributed by atoms with Crippen LogP contribution in [-0.2, 0) is 5.41 Å².